The third kappa shape index (κ3) is 9.63. The van der Waals surface area contributed by atoms with Gasteiger partial charge in [0.05, 0.1) is 22.7 Å². The number of nitrogens with one attached hydrogen (secondary N) is 3. The maximum Gasteiger partial charge on any atom is 0.266 e. The minimum Gasteiger partial charge on any atom is -0.351 e. The van der Waals surface area contributed by atoms with Crippen LogP contribution in [0.25, 0.3) is 28.5 Å². The molecule has 4 aromatic carbocycles. The van der Waals surface area contributed by atoms with Crippen LogP contribution in [0.4, 0.5) is 5.69 Å². The highest BCUT2D eigenvalue weighted by molar-refractivity contribution is 7.85. The second-order valence-electron chi connectivity index (χ2n) is 12.7. The first-order chi connectivity index (χ1) is 22.7. The molecule has 4 N–H and O–H groups in total. The van der Waals surface area contributed by atoms with E-state index < -0.39 is 27.7 Å². The number of nitrogens with zero attached hydrogens (tertiary/aromatic N) is 1. The van der Waals surface area contributed by atoms with Crippen LogP contribution in [0.3, 0.4) is 0 Å². The second kappa shape index (κ2) is 14.6. The summed E-state index contributed by atoms with van der Waals surface area (Å²) in [6, 6.07) is 27.6. The predicted octanol–water partition coefficient (Wildman–Crippen LogP) is 7.53. The molecule has 0 spiro atoms. The molecular weight excluding hydrogens is 648 g/mol. The van der Waals surface area contributed by atoms with E-state index in [0.717, 1.165) is 33.3 Å². The summed E-state index contributed by atoms with van der Waals surface area (Å²) < 4.78 is 30.8. The summed E-state index contributed by atoms with van der Waals surface area (Å²) in [5.74, 6) is -1.07. The van der Waals surface area contributed by atoms with Crippen LogP contribution in [-0.2, 0) is 21.3 Å². The Balaban J connectivity index is 1.33. The minimum absolute atomic E-state index is 0.0361. The molecule has 0 radical (unpaired) electrons. The molecule has 0 aliphatic carbocycles. The summed E-state index contributed by atoms with van der Waals surface area (Å²) in [5, 5.41) is 6.15. The molecule has 2 amide bonds. The molecule has 5 rings (SSSR count). The van der Waals surface area contributed by atoms with E-state index in [4.69, 9.17) is 16.2 Å². The highest BCUT2D eigenvalue weighted by Crippen LogP contribution is 2.27. The number of amides is 2. The van der Waals surface area contributed by atoms with E-state index in [0.29, 0.717) is 28.5 Å². The summed E-state index contributed by atoms with van der Waals surface area (Å²) >= 11 is 6.11. The number of hydrogen-bond acceptors (Lipinski definition) is 5. The molecule has 9 nitrogen and oxygen atoms in total. The van der Waals surface area contributed by atoms with Gasteiger partial charge in [0.1, 0.15) is 5.82 Å². The summed E-state index contributed by atoms with van der Waals surface area (Å²) in [4.78, 5) is 34.2. The van der Waals surface area contributed by atoms with Gasteiger partial charge < -0.3 is 15.6 Å². The van der Waals surface area contributed by atoms with Crippen molar-refractivity contribution in [1.82, 2.24) is 15.3 Å². The molecule has 0 aliphatic heterocycles. The van der Waals surface area contributed by atoms with Gasteiger partial charge in [0.15, 0.2) is 0 Å². The van der Waals surface area contributed by atoms with E-state index in [9.17, 15) is 18.0 Å². The largest absolute Gasteiger partial charge is 0.351 e. The highest BCUT2D eigenvalue weighted by atomic mass is 35.5. The first kappa shape index (κ1) is 34.6. The van der Waals surface area contributed by atoms with Gasteiger partial charge in [0.25, 0.3) is 16.0 Å². The Morgan fingerprint density at radius 3 is 2.29 bits per heavy atom. The molecule has 0 fully saturated rings. The Hall–Kier alpha value is -4.77. The first-order valence-electron chi connectivity index (χ1n) is 15.4. The molecule has 0 saturated carbocycles. The zero-order chi connectivity index (χ0) is 34.5. The van der Waals surface area contributed by atoms with Crippen molar-refractivity contribution < 1.29 is 22.6 Å². The Bertz CT molecular complexity index is 2050. The zero-order valence-electron chi connectivity index (χ0n) is 26.8. The van der Waals surface area contributed by atoms with E-state index in [1.807, 2.05) is 54.6 Å². The standard InChI is InChI=1S/C37H37ClN4O5S/c1-37(2,3)19-18-24-4-8-26(9-5-24)31(22-25-6-10-28(11-7-25)35(43)39-20-21-48(45,46)47)36(44)40-30-15-12-27(13-16-30)34-41-32-17-14-29(38)23-33(32)42-34/h4-19,23,31H,20-22H2,1-3H3,(H,39,43)(H,40,44)(H,41,42)(H,45,46,47)/b19-18+. The van der Waals surface area contributed by atoms with Crippen molar-refractivity contribution in [2.24, 2.45) is 5.41 Å². The molecule has 5 aromatic rings. The summed E-state index contributed by atoms with van der Waals surface area (Å²) in [6.07, 6.45) is 4.57. The van der Waals surface area contributed by atoms with Gasteiger partial charge in [-0.3, -0.25) is 14.1 Å². The van der Waals surface area contributed by atoms with Gasteiger partial charge >= 0.3 is 0 Å². The topological polar surface area (TPSA) is 141 Å². The quantitative estimate of drug-likeness (QED) is 0.106. The molecular formula is C37H37ClN4O5S. The minimum atomic E-state index is -4.18. The Morgan fingerprint density at radius 1 is 0.958 bits per heavy atom. The average Bonchev–Trinajstić information content (AvgIpc) is 3.46. The number of anilines is 1. The lowest BCUT2D eigenvalue weighted by atomic mass is 9.89. The third-order valence-corrected chi connectivity index (χ3v) is 8.56. The maximum absolute atomic E-state index is 13.8. The number of halogens is 1. The Kier molecular flexibility index (Phi) is 10.5. The zero-order valence-corrected chi connectivity index (χ0v) is 28.4. The van der Waals surface area contributed by atoms with E-state index in [1.165, 1.54) is 0 Å². The summed E-state index contributed by atoms with van der Waals surface area (Å²) in [5.41, 5.74) is 6.20. The number of rotatable bonds is 11. The monoisotopic (exact) mass is 684 g/mol. The molecule has 0 bridgehead atoms. The number of fused-ring (bicyclic) bond motifs is 1. The SMILES string of the molecule is CC(C)(C)/C=C/c1ccc(C(Cc2ccc(C(=O)NCCS(=O)(=O)O)cc2)C(=O)Nc2ccc(-c3nc4cc(Cl)ccc4[nH]3)cc2)cc1. The average molecular weight is 685 g/mol. The lowest BCUT2D eigenvalue weighted by Gasteiger charge is -2.18. The van der Waals surface area contributed by atoms with E-state index >= 15 is 0 Å². The second-order valence-corrected chi connectivity index (χ2v) is 14.7. The number of hydrogen-bond donors (Lipinski definition) is 4. The lowest BCUT2D eigenvalue weighted by Crippen LogP contribution is -2.28. The molecule has 248 valence electrons. The van der Waals surface area contributed by atoms with Crippen LogP contribution >= 0.6 is 11.6 Å². The number of allylic oxidation sites excluding steroid dienone is 1. The van der Waals surface area contributed by atoms with Crippen LogP contribution < -0.4 is 10.6 Å². The predicted molar refractivity (Wildman–Crippen MR) is 192 cm³/mol. The number of imidazole rings is 1. The molecule has 1 heterocycles. The van der Waals surface area contributed by atoms with Gasteiger partial charge in [-0.1, -0.05) is 80.9 Å². The fourth-order valence-corrected chi connectivity index (χ4v) is 5.55. The maximum atomic E-state index is 13.8. The van der Waals surface area contributed by atoms with Crippen LogP contribution in [0.2, 0.25) is 5.02 Å². The number of carbonyl (C=O) groups is 2. The molecule has 48 heavy (non-hydrogen) atoms. The van der Waals surface area contributed by atoms with Crippen molar-refractivity contribution in [3.63, 3.8) is 0 Å². The van der Waals surface area contributed by atoms with Gasteiger partial charge in [-0.25, -0.2) is 4.98 Å². The van der Waals surface area contributed by atoms with Crippen molar-refractivity contribution in [2.45, 2.75) is 33.1 Å². The number of H-pyrrole nitrogens is 1. The molecule has 1 unspecified atom stereocenters. The lowest BCUT2D eigenvalue weighted by molar-refractivity contribution is -0.117. The van der Waals surface area contributed by atoms with Crippen molar-refractivity contribution in [1.29, 1.82) is 0 Å². The third-order valence-electron chi connectivity index (χ3n) is 7.60. The van der Waals surface area contributed by atoms with Crippen molar-refractivity contribution >= 4 is 56.3 Å². The van der Waals surface area contributed by atoms with Gasteiger partial charge in [-0.15, -0.1) is 0 Å². The smallest absolute Gasteiger partial charge is 0.266 e. The molecule has 1 atom stereocenters. The number of carbonyl (C=O) groups excluding carboxylic acids is 2. The number of aromatic nitrogens is 2. The Morgan fingerprint density at radius 2 is 1.65 bits per heavy atom. The molecule has 0 saturated heterocycles. The molecule has 1 aromatic heterocycles. The highest BCUT2D eigenvalue weighted by Gasteiger charge is 2.22. The summed E-state index contributed by atoms with van der Waals surface area (Å²) in [6.45, 7) is 6.18. The number of benzene rings is 4. The van der Waals surface area contributed by atoms with Crippen LogP contribution in [0.15, 0.2) is 97.1 Å². The van der Waals surface area contributed by atoms with Crippen molar-refractivity contribution in [2.75, 3.05) is 17.6 Å². The number of aromatic amines is 1. The normalized spacial score (nSPS) is 12.7. The van der Waals surface area contributed by atoms with Crippen molar-refractivity contribution in [3.05, 3.63) is 124 Å². The van der Waals surface area contributed by atoms with Gasteiger partial charge in [-0.2, -0.15) is 8.42 Å². The van der Waals surface area contributed by atoms with Crippen LogP contribution in [-0.4, -0.2) is 47.1 Å². The fourth-order valence-electron chi connectivity index (χ4n) is 5.03. The van der Waals surface area contributed by atoms with Gasteiger partial charge in [-0.05, 0) is 83.1 Å². The fraction of sp³-hybridized carbons (Fsp3) is 0.216. The molecule has 11 heteroatoms. The van der Waals surface area contributed by atoms with Crippen LogP contribution in [0.5, 0.6) is 0 Å². The van der Waals surface area contributed by atoms with E-state index in [-0.39, 0.29) is 17.9 Å². The van der Waals surface area contributed by atoms with Crippen molar-refractivity contribution in [3.8, 4) is 11.4 Å². The van der Waals surface area contributed by atoms with E-state index in [2.05, 4.69) is 53.5 Å². The van der Waals surface area contributed by atoms with E-state index in [1.54, 1.807) is 36.4 Å². The first-order valence-corrected chi connectivity index (χ1v) is 17.4. The summed E-state index contributed by atoms with van der Waals surface area (Å²) in [7, 11) is -4.18. The molecule has 0 aliphatic rings. The van der Waals surface area contributed by atoms with Crippen LogP contribution in [0.1, 0.15) is 53.7 Å². The van der Waals surface area contributed by atoms with Gasteiger partial charge in [0, 0.05) is 28.4 Å². The van der Waals surface area contributed by atoms with Gasteiger partial charge in [0.2, 0.25) is 5.91 Å². The van der Waals surface area contributed by atoms with Crippen LogP contribution in [0, 0.1) is 5.41 Å². The Labute approximate surface area is 285 Å².